The van der Waals surface area contributed by atoms with Gasteiger partial charge in [-0.2, -0.15) is 0 Å². The van der Waals surface area contributed by atoms with Gasteiger partial charge in [-0.25, -0.2) is 29.0 Å². The van der Waals surface area contributed by atoms with Gasteiger partial charge in [0.2, 0.25) is 17.7 Å². The number of amides is 9. The first kappa shape index (κ1) is 96.6. The van der Waals surface area contributed by atoms with Crippen LogP contribution < -0.4 is 42.8 Å². The normalized spacial score (nSPS) is 15.7. The Bertz CT molecular complexity index is 4000. The van der Waals surface area contributed by atoms with Crippen molar-refractivity contribution in [1.29, 1.82) is 0 Å². The zero-order valence-corrected chi connectivity index (χ0v) is 69.0. The number of aromatic hydroxyl groups is 1. The molecule has 638 valence electrons. The number of Topliss-reactive ketones (excluding diaryl/α,β-unsaturated/α-hetero) is 2. The average molecular weight is 1680 g/mol. The van der Waals surface area contributed by atoms with E-state index in [0.717, 1.165) is 63.7 Å². The average Bonchev–Trinajstić information content (AvgIpc) is 1.80. The summed E-state index contributed by atoms with van der Waals surface area (Å²) in [6, 6.07) is 8.77. The topological polar surface area (TPSA) is 511 Å². The summed E-state index contributed by atoms with van der Waals surface area (Å²) in [6.07, 6.45) is 1.83. The van der Waals surface area contributed by atoms with Crippen molar-refractivity contribution in [3.63, 3.8) is 0 Å². The number of phenols is 1. The third-order valence-corrected chi connectivity index (χ3v) is 23.1. The smallest absolute Gasteiger partial charge is 0.327 e. The number of nitrogens with one attached hydrogen (secondary N) is 8. The number of ether oxygens (including phenoxy) is 2. The standard InChI is InChI=1S/C79H111N11O23S3/c1-9-17-69(99)113-43-90(74(103)56(46(5)10-2)38-65(93)62-21-14-16-31-89(62)8)63(45(3)4)33-48(7)73-83-60(41-114-73)72(102)81-54(36-49-23-26-55(91)27-24-49)32-47(6)70(100)88-87-66(94)40-112-44-116-115-42-61(77(108)109)82-71(101)53(35-50-22-25-51-18-11-12-19-52(51)34-50)37-64(92)59(39-68(97)98)86-78(110)80-30-15-13-20-57(75(104)105)84-79(111)85-58(76(106)107)28-29-67(95)96/h11-12,18-19,22-27,34,41,45-48,53-54,56-59,61-63,91H,9-10,13-17,20-21,28-33,35-40,42-44H2,1-8H3,(H,81,102)(H,82,101)(H,87,94)(H,88,100)(H,95,96)(H,97,98)(H,104,105)(H,106,107)(H,108,109)(H2,80,86,110)(H2,84,85,111)/t46?,47-,48+,53+,54+,56-,57-,58-,59-,61-,62+,63+/m0/s1. The number of hydrogen-bond donors (Lipinski definition) is 14. The van der Waals surface area contributed by atoms with Crippen molar-refractivity contribution in [2.45, 2.75) is 212 Å². The lowest BCUT2D eigenvalue weighted by atomic mass is 9.82. The predicted octanol–water partition coefficient (Wildman–Crippen LogP) is 7.40. The Morgan fingerprint density at radius 3 is 1.97 bits per heavy atom. The number of hydrogen-bond acceptors (Lipinski definition) is 23. The number of aliphatic carboxylic acids is 5. The number of nitrogens with zero attached hydrogens (tertiary/aromatic N) is 3. The lowest BCUT2D eigenvalue weighted by Crippen LogP contribution is -2.51. The number of thiazole rings is 1. The number of likely N-dealkylation sites (tertiary alicyclic amines) is 1. The number of unbranched alkanes of at least 4 members (excludes halogenated alkanes) is 1. The minimum Gasteiger partial charge on any atom is -0.508 e. The van der Waals surface area contributed by atoms with Gasteiger partial charge in [0.25, 0.3) is 11.8 Å². The molecule has 9 amide bonds. The summed E-state index contributed by atoms with van der Waals surface area (Å²) in [6.45, 7) is 13.1. The van der Waals surface area contributed by atoms with E-state index in [4.69, 9.17) is 19.6 Å². The van der Waals surface area contributed by atoms with Crippen molar-refractivity contribution in [2.75, 3.05) is 45.2 Å². The summed E-state index contributed by atoms with van der Waals surface area (Å²) in [4.78, 5) is 204. The van der Waals surface area contributed by atoms with Gasteiger partial charge in [0.15, 0.2) is 18.3 Å². The quantitative estimate of drug-likeness (QED) is 0.00673. The van der Waals surface area contributed by atoms with E-state index in [-0.39, 0.29) is 123 Å². The van der Waals surface area contributed by atoms with Crippen LogP contribution in [-0.2, 0) is 79.8 Å². The van der Waals surface area contributed by atoms with E-state index in [1.54, 1.807) is 53.6 Å². The molecule has 116 heavy (non-hydrogen) atoms. The van der Waals surface area contributed by atoms with E-state index in [1.165, 1.54) is 23.5 Å². The van der Waals surface area contributed by atoms with Crippen molar-refractivity contribution >= 4 is 133 Å². The molecule has 12 atom stereocenters. The molecule has 1 aliphatic heterocycles. The summed E-state index contributed by atoms with van der Waals surface area (Å²) in [5, 5.41) is 76.2. The molecule has 0 spiro atoms. The van der Waals surface area contributed by atoms with Crippen LogP contribution in [0, 0.1) is 29.6 Å². The van der Waals surface area contributed by atoms with E-state index >= 15 is 0 Å². The number of ketones is 2. The molecule has 0 bridgehead atoms. The molecule has 1 aromatic heterocycles. The van der Waals surface area contributed by atoms with Crippen molar-refractivity contribution in [3.8, 4) is 5.75 Å². The highest BCUT2D eigenvalue weighted by atomic mass is 33.1. The third kappa shape index (κ3) is 33.7. The fourth-order valence-corrected chi connectivity index (χ4v) is 15.8. The molecule has 1 aliphatic rings. The fourth-order valence-electron chi connectivity index (χ4n) is 13.2. The molecule has 14 N–H and O–H groups in total. The van der Waals surface area contributed by atoms with Gasteiger partial charge in [-0.1, -0.05) is 137 Å². The van der Waals surface area contributed by atoms with Crippen LogP contribution in [0.4, 0.5) is 9.59 Å². The van der Waals surface area contributed by atoms with E-state index in [9.17, 15) is 97.5 Å². The molecular weight excluding hydrogens is 1570 g/mol. The second-order valence-electron chi connectivity index (χ2n) is 29.5. The maximum atomic E-state index is 15.0. The maximum Gasteiger partial charge on any atom is 0.327 e. The Morgan fingerprint density at radius 1 is 0.672 bits per heavy atom. The number of urea groups is 2. The molecule has 37 heteroatoms. The molecule has 4 aromatic rings. The highest BCUT2D eigenvalue weighted by Gasteiger charge is 2.40. The summed E-state index contributed by atoms with van der Waals surface area (Å²) >= 11 is 1.26. The minimum atomic E-state index is -1.71. The van der Waals surface area contributed by atoms with E-state index in [2.05, 4.69) is 42.3 Å². The van der Waals surface area contributed by atoms with Crippen LogP contribution in [0.25, 0.3) is 10.8 Å². The van der Waals surface area contributed by atoms with Crippen molar-refractivity contribution in [2.24, 2.45) is 29.6 Å². The van der Waals surface area contributed by atoms with Crippen LogP contribution in [0.3, 0.4) is 0 Å². The first-order chi connectivity index (χ1) is 55.1. The molecule has 1 unspecified atom stereocenters. The molecule has 1 saturated heterocycles. The molecule has 34 nitrogen and oxygen atoms in total. The van der Waals surface area contributed by atoms with Crippen LogP contribution in [0.5, 0.6) is 5.75 Å². The number of benzene rings is 3. The lowest BCUT2D eigenvalue weighted by molar-refractivity contribution is -0.160. The SMILES string of the molecule is CCCC(=O)OCN(C(=O)[C@@H](CC(=O)[C@H]1CCCCN1C)C(C)CC)[C@H](C[C@@H](C)c1nc(C(=O)N[C@@H](Cc2ccc(O)cc2)C[C@H](C)C(=O)NNC(=O)COCSSC[C@H](NC(=O)[C@@H](CC(=O)[C@H](CC(=O)O)NC(=O)NCCCC[C@H](NC(=O)N[C@@H](CCC(=O)O)C(=O)O)C(=O)O)Cc2ccc3ccccc3c2)C(=O)O)cs1)C(C)C. The second-order valence-corrected chi connectivity index (χ2v) is 32.8. The summed E-state index contributed by atoms with van der Waals surface area (Å²) in [7, 11) is 3.87. The number of carboxylic acid groups (broad SMARTS) is 5. The number of likely N-dealkylation sites (N-methyl/N-ethyl adjacent to an activating group) is 1. The number of carbonyl (C=O) groups is 15. The first-order valence-electron chi connectivity index (χ1n) is 38.8. The highest BCUT2D eigenvalue weighted by molar-refractivity contribution is 8.76. The maximum absolute atomic E-state index is 15.0. The Balaban J connectivity index is 1.15. The number of piperidine rings is 1. The van der Waals surface area contributed by atoms with E-state index < -0.39 is 164 Å². The van der Waals surface area contributed by atoms with Crippen molar-refractivity contribution in [3.05, 3.63) is 93.9 Å². The summed E-state index contributed by atoms with van der Waals surface area (Å²) < 4.78 is 11.2. The fraction of sp³-hybridized carbons (Fsp3) is 0.570. The largest absolute Gasteiger partial charge is 0.508 e. The molecule has 0 radical (unpaired) electrons. The minimum absolute atomic E-state index is 0.0149. The van der Waals surface area contributed by atoms with Gasteiger partial charge in [-0.15, -0.1) is 11.3 Å². The van der Waals surface area contributed by atoms with Crippen LogP contribution >= 0.6 is 32.9 Å². The molecule has 1 fully saturated rings. The Kier molecular flexibility index (Phi) is 41.5. The molecular formula is C79H111N11O23S3. The van der Waals surface area contributed by atoms with Crippen LogP contribution in [0.15, 0.2) is 72.1 Å². The number of carboxylic acids is 5. The predicted molar refractivity (Wildman–Crippen MR) is 431 cm³/mol. The number of hydrazine groups is 1. The molecule has 0 saturated carbocycles. The second kappa shape index (κ2) is 49.8. The molecule has 0 aliphatic carbocycles. The lowest BCUT2D eigenvalue weighted by Gasteiger charge is -2.39. The number of carbonyl (C=O) groups excluding carboxylic acids is 10. The van der Waals surface area contributed by atoms with Crippen LogP contribution in [0.1, 0.15) is 184 Å². The Labute approximate surface area is 685 Å². The monoisotopic (exact) mass is 1680 g/mol. The number of rotatable bonds is 52. The van der Waals surface area contributed by atoms with Crippen molar-refractivity contribution < 1.29 is 112 Å². The summed E-state index contributed by atoms with van der Waals surface area (Å²) in [5.41, 5.74) is 6.05. The van der Waals surface area contributed by atoms with Gasteiger partial charge in [0, 0.05) is 79.1 Å². The molecule has 5 rings (SSSR count). The number of aromatic nitrogens is 1. The number of phenolic OH excluding ortho intramolecular Hbond substituents is 1. The summed E-state index contributed by atoms with van der Waals surface area (Å²) in [5.74, 6) is -15.6. The zero-order chi connectivity index (χ0) is 85.7. The highest BCUT2D eigenvalue weighted by Crippen LogP contribution is 2.34. The Hall–Kier alpha value is -9.98. The van der Waals surface area contributed by atoms with Gasteiger partial charge in [0.05, 0.1) is 23.5 Å². The first-order valence-corrected chi connectivity index (χ1v) is 42.1. The van der Waals surface area contributed by atoms with Gasteiger partial charge in [-0.3, -0.25) is 63.7 Å². The van der Waals surface area contributed by atoms with Crippen LogP contribution in [-0.4, -0.2) is 222 Å². The zero-order valence-electron chi connectivity index (χ0n) is 66.6. The van der Waals surface area contributed by atoms with E-state index in [1.807, 2.05) is 72.1 Å². The van der Waals surface area contributed by atoms with Gasteiger partial charge in [-0.05, 0) is 130 Å². The number of fused-ring (bicyclic) bond motifs is 1. The van der Waals surface area contributed by atoms with Gasteiger partial charge >= 0.3 is 47.9 Å². The number of esters is 1. The third-order valence-electron chi connectivity index (χ3n) is 20.0. The molecule has 3 aromatic carbocycles. The van der Waals surface area contributed by atoms with Crippen molar-refractivity contribution in [1.82, 2.24) is 57.5 Å². The Morgan fingerprint density at radius 2 is 1.34 bits per heavy atom. The van der Waals surface area contributed by atoms with Gasteiger partial charge < -0.3 is 76.9 Å². The van der Waals surface area contributed by atoms with E-state index in [0.29, 0.717) is 29.8 Å². The van der Waals surface area contributed by atoms with Gasteiger partial charge in [0.1, 0.15) is 42.1 Å². The molecule has 2 heterocycles. The van der Waals surface area contributed by atoms with Crippen LogP contribution in [0.2, 0.25) is 0 Å².